The van der Waals surface area contributed by atoms with Crippen molar-refractivity contribution in [3.8, 4) is 56.0 Å². The minimum absolute atomic E-state index is 0.621. The average molecular weight is 711 g/mol. The maximum absolute atomic E-state index is 6.77. The van der Waals surface area contributed by atoms with E-state index < -0.39 is 5.41 Å². The standard InChI is InChI=1S/C55H34O/c1-3-16-36(17-4-1)53-42-21-9-10-22-43(42)54(37-18-5-2-6-19-37)46-34-50-44(33-45(46)53)41-30-29-40(39-28-27-35-15-7-8-20-38(35)31-39)32-49(41)55(50)47-23-11-13-25-51(47)56-52-26-14-12-24-48(52)55/h1-34H. The van der Waals surface area contributed by atoms with Crippen LogP contribution in [0.5, 0.6) is 11.5 Å². The van der Waals surface area contributed by atoms with E-state index in [1.807, 2.05) is 0 Å². The van der Waals surface area contributed by atoms with Gasteiger partial charge in [-0.2, -0.15) is 0 Å². The molecular weight excluding hydrogens is 677 g/mol. The van der Waals surface area contributed by atoms with E-state index in [0.29, 0.717) is 0 Å². The molecule has 0 unspecified atom stereocenters. The summed E-state index contributed by atoms with van der Waals surface area (Å²) in [6.07, 6.45) is 0. The normalized spacial score (nSPS) is 13.3. The molecule has 0 saturated heterocycles. The van der Waals surface area contributed by atoms with E-state index >= 15 is 0 Å². The zero-order valence-corrected chi connectivity index (χ0v) is 30.5. The molecule has 10 aromatic rings. The van der Waals surface area contributed by atoms with Gasteiger partial charge in [0.1, 0.15) is 11.5 Å². The molecule has 1 spiro atoms. The van der Waals surface area contributed by atoms with Crippen LogP contribution < -0.4 is 4.74 Å². The van der Waals surface area contributed by atoms with Crippen molar-refractivity contribution in [2.45, 2.75) is 5.41 Å². The maximum atomic E-state index is 6.77. The number of hydrogen-bond donors (Lipinski definition) is 0. The summed E-state index contributed by atoms with van der Waals surface area (Å²) >= 11 is 0. The molecule has 0 aromatic heterocycles. The van der Waals surface area contributed by atoms with Crippen molar-refractivity contribution in [1.29, 1.82) is 0 Å². The van der Waals surface area contributed by atoms with Gasteiger partial charge in [0, 0.05) is 11.1 Å². The second kappa shape index (κ2) is 11.9. The van der Waals surface area contributed by atoms with Crippen LogP contribution in [0.15, 0.2) is 206 Å². The molecule has 0 fully saturated rings. The Labute approximate surface area is 325 Å². The number of fused-ring (bicyclic) bond motifs is 12. The Morgan fingerprint density at radius 2 is 0.786 bits per heavy atom. The van der Waals surface area contributed by atoms with Crippen LogP contribution >= 0.6 is 0 Å². The molecule has 260 valence electrons. The number of benzene rings is 10. The average Bonchev–Trinajstić information content (AvgIpc) is 3.54. The SMILES string of the molecule is c1ccc(-c2c3ccccc3c(-c3ccccc3)c3cc4c(cc23)-c2ccc(-c3ccc5ccccc5c3)cc2C42c3ccccc3Oc3ccccc32)cc1. The minimum atomic E-state index is -0.621. The van der Waals surface area contributed by atoms with Crippen LogP contribution in [0.25, 0.3) is 76.8 Å². The van der Waals surface area contributed by atoms with Crippen molar-refractivity contribution in [3.05, 3.63) is 229 Å². The molecule has 2 aliphatic rings. The summed E-state index contributed by atoms with van der Waals surface area (Å²) in [6, 6.07) is 75.9. The second-order valence-electron chi connectivity index (χ2n) is 15.1. The molecule has 0 bridgehead atoms. The maximum Gasteiger partial charge on any atom is 0.132 e. The van der Waals surface area contributed by atoms with Crippen LogP contribution in [0.2, 0.25) is 0 Å². The zero-order valence-electron chi connectivity index (χ0n) is 30.5. The van der Waals surface area contributed by atoms with E-state index in [-0.39, 0.29) is 0 Å². The summed E-state index contributed by atoms with van der Waals surface area (Å²) in [5, 5.41) is 7.49. The third-order valence-corrected chi connectivity index (χ3v) is 12.3. The fraction of sp³-hybridized carbons (Fsp3) is 0.0182. The lowest BCUT2D eigenvalue weighted by molar-refractivity contribution is 0.436. The first-order valence-corrected chi connectivity index (χ1v) is 19.4. The molecule has 1 heterocycles. The van der Waals surface area contributed by atoms with E-state index in [1.165, 1.54) is 99.1 Å². The summed E-state index contributed by atoms with van der Waals surface area (Å²) in [5.74, 6) is 1.79. The van der Waals surface area contributed by atoms with Crippen LogP contribution in [0.4, 0.5) is 0 Å². The van der Waals surface area contributed by atoms with Crippen molar-refractivity contribution >= 4 is 32.3 Å². The van der Waals surface area contributed by atoms with Gasteiger partial charge in [0.15, 0.2) is 0 Å². The Balaban J connectivity index is 1.26. The molecule has 1 nitrogen and oxygen atoms in total. The highest BCUT2D eigenvalue weighted by atomic mass is 16.5. The van der Waals surface area contributed by atoms with E-state index in [2.05, 4.69) is 206 Å². The Morgan fingerprint density at radius 1 is 0.286 bits per heavy atom. The lowest BCUT2D eigenvalue weighted by Gasteiger charge is -2.39. The van der Waals surface area contributed by atoms with Crippen molar-refractivity contribution in [2.75, 3.05) is 0 Å². The van der Waals surface area contributed by atoms with Gasteiger partial charge in [-0.25, -0.2) is 0 Å². The number of hydrogen-bond acceptors (Lipinski definition) is 1. The molecule has 1 heteroatoms. The molecule has 56 heavy (non-hydrogen) atoms. The highest BCUT2D eigenvalue weighted by molar-refractivity contribution is 6.22. The molecule has 0 N–H and O–H groups in total. The van der Waals surface area contributed by atoms with Gasteiger partial charge in [0.2, 0.25) is 0 Å². The first-order chi connectivity index (χ1) is 27.8. The van der Waals surface area contributed by atoms with E-state index in [0.717, 1.165) is 11.5 Å². The third kappa shape index (κ3) is 4.31. The Morgan fingerprint density at radius 3 is 1.45 bits per heavy atom. The van der Waals surface area contributed by atoms with Crippen LogP contribution in [0, 0.1) is 0 Å². The summed E-state index contributed by atoms with van der Waals surface area (Å²) in [6.45, 7) is 0. The predicted molar refractivity (Wildman–Crippen MR) is 233 cm³/mol. The van der Waals surface area contributed by atoms with Crippen molar-refractivity contribution in [2.24, 2.45) is 0 Å². The summed E-state index contributed by atoms with van der Waals surface area (Å²) in [5.41, 5.74) is 14.2. The van der Waals surface area contributed by atoms with Gasteiger partial charge in [0.05, 0.1) is 5.41 Å². The van der Waals surface area contributed by atoms with Gasteiger partial charge >= 0.3 is 0 Å². The van der Waals surface area contributed by atoms with Crippen LogP contribution in [-0.4, -0.2) is 0 Å². The first kappa shape index (κ1) is 31.2. The highest BCUT2D eigenvalue weighted by Gasteiger charge is 2.51. The molecule has 0 radical (unpaired) electrons. The molecular formula is C55H34O. The highest BCUT2D eigenvalue weighted by Crippen LogP contribution is 2.63. The van der Waals surface area contributed by atoms with Gasteiger partial charge in [-0.1, -0.05) is 170 Å². The second-order valence-corrected chi connectivity index (χ2v) is 15.1. The number of para-hydroxylation sites is 2. The molecule has 1 aliphatic carbocycles. The molecule has 0 amide bonds. The van der Waals surface area contributed by atoms with Crippen molar-refractivity contribution in [1.82, 2.24) is 0 Å². The van der Waals surface area contributed by atoms with E-state index in [4.69, 9.17) is 4.74 Å². The topological polar surface area (TPSA) is 9.23 Å². The molecule has 0 saturated carbocycles. The molecule has 12 rings (SSSR count). The summed E-state index contributed by atoms with van der Waals surface area (Å²) in [7, 11) is 0. The fourth-order valence-corrected chi connectivity index (χ4v) is 9.95. The van der Waals surface area contributed by atoms with Crippen LogP contribution in [0.3, 0.4) is 0 Å². The zero-order chi connectivity index (χ0) is 36.8. The van der Waals surface area contributed by atoms with E-state index in [9.17, 15) is 0 Å². The van der Waals surface area contributed by atoms with Crippen molar-refractivity contribution in [3.63, 3.8) is 0 Å². The largest absolute Gasteiger partial charge is 0.457 e. The summed E-state index contributed by atoms with van der Waals surface area (Å²) < 4.78 is 6.77. The van der Waals surface area contributed by atoms with Crippen LogP contribution in [0.1, 0.15) is 22.3 Å². The summed E-state index contributed by atoms with van der Waals surface area (Å²) in [4.78, 5) is 0. The van der Waals surface area contributed by atoms with Gasteiger partial charge in [-0.3, -0.25) is 0 Å². The van der Waals surface area contributed by atoms with Crippen molar-refractivity contribution < 1.29 is 4.74 Å². The van der Waals surface area contributed by atoms with Gasteiger partial charge in [-0.15, -0.1) is 0 Å². The molecule has 10 aromatic carbocycles. The Bertz CT molecular complexity index is 3170. The third-order valence-electron chi connectivity index (χ3n) is 12.3. The van der Waals surface area contributed by atoms with Gasteiger partial charge in [-0.05, 0) is 124 Å². The molecule has 1 aliphatic heterocycles. The fourth-order valence-electron chi connectivity index (χ4n) is 9.95. The minimum Gasteiger partial charge on any atom is -0.457 e. The smallest absolute Gasteiger partial charge is 0.132 e. The van der Waals surface area contributed by atoms with Crippen LogP contribution in [-0.2, 0) is 5.41 Å². The number of rotatable bonds is 3. The monoisotopic (exact) mass is 710 g/mol. The first-order valence-electron chi connectivity index (χ1n) is 19.4. The van der Waals surface area contributed by atoms with E-state index in [1.54, 1.807) is 0 Å². The van der Waals surface area contributed by atoms with Gasteiger partial charge < -0.3 is 4.74 Å². The quantitative estimate of drug-likeness (QED) is 0.166. The Hall–Kier alpha value is -7.22. The lowest BCUT2D eigenvalue weighted by Crippen LogP contribution is -2.32. The van der Waals surface area contributed by atoms with Gasteiger partial charge in [0.25, 0.3) is 0 Å². The Kier molecular flexibility index (Phi) is 6.62. The number of ether oxygens (including phenoxy) is 1. The predicted octanol–water partition coefficient (Wildman–Crippen LogP) is 14.6. The molecule has 0 atom stereocenters. The lowest BCUT2D eigenvalue weighted by atomic mass is 9.65.